The average molecular weight is 224 g/mol. The highest BCUT2D eigenvalue weighted by Crippen LogP contribution is 2.33. The molecule has 1 heterocycles. The zero-order valence-electron chi connectivity index (χ0n) is 7.12. The highest BCUT2D eigenvalue weighted by atomic mass is 35.5. The Labute approximate surface area is 90.0 Å². The first-order chi connectivity index (χ1) is 6.74. The van der Waals surface area contributed by atoms with Crippen molar-refractivity contribution in [3.8, 4) is 11.8 Å². The average Bonchev–Trinajstić information content (AvgIpc) is 2.61. The van der Waals surface area contributed by atoms with Crippen molar-refractivity contribution in [2.75, 3.05) is 0 Å². The van der Waals surface area contributed by atoms with E-state index in [2.05, 4.69) is 6.07 Å². The zero-order chi connectivity index (χ0) is 10.1. The van der Waals surface area contributed by atoms with Crippen LogP contribution in [0.2, 0.25) is 0 Å². The molecule has 0 unspecified atom stereocenters. The SMILES string of the molecule is N#Cc1cc2c(O)cc(CCl)cc2s1. The molecular formula is C10H6ClNOS. The number of thiophene rings is 1. The molecule has 2 aromatic rings. The summed E-state index contributed by atoms with van der Waals surface area (Å²) in [7, 11) is 0. The first kappa shape index (κ1) is 9.32. The maximum absolute atomic E-state index is 9.63. The quantitative estimate of drug-likeness (QED) is 0.755. The number of nitrogens with zero attached hydrogens (tertiary/aromatic N) is 1. The van der Waals surface area contributed by atoms with Gasteiger partial charge in [-0.05, 0) is 23.8 Å². The molecular weight excluding hydrogens is 218 g/mol. The Morgan fingerprint density at radius 2 is 2.21 bits per heavy atom. The molecule has 0 saturated heterocycles. The van der Waals surface area contributed by atoms with Crippen molar-refractivity contribution >= 4 is 33.0 Å². The highest BCUT2D eigenvalue weighted by Gasteiger charge is 2.07. The molecule has 1 aromatic carbocycles. The van der Waals surface area contributed by atoms with Crippen LogP contribution in [-0.2, 0) is 5.88 Å². The number of benzene rings is 1. The Hall–Kier alpha value is -1.24. The van der Waals surface area contributed by atoms with E-state index in [-0.39, 0.29) is 5.75 Å². The fraction of sp³-hybridized carbons (Fsp3) is 0.100. The molecule has 0 radical (unpaired) electrons. The minimum absolute atomic E-state index is 0.191. The molecule has 0 aliphatic carbocycles. The largest absolute Gasteiger partial charge is 0.507 e. The van der Waals surface area contributed by atoms with Gasteiger partial charge in [-0.3, -0.25) is 0 Å². The van der Waals surface area contributed by atoms with Crippen molar-refractivity contribution in [3.05, 3.63) is 28.6 Å². The van der Waals surface area contributed by atoms with Gasteiger partial charge in [0, 0.05) is 16.0 Å². The molecule has 2 nitrogen and oxygen atoms in total. The Morgan fingerprint density at radius 1 is 1.43 bits per heavy atom. The van der Waals surface area contributed by atoms with Crippen molar-refractivity contribution in [2.45, 2.75) is 5.88 Å². The molecule has 1 N–H and O–H groups in total. The lowest BCUT2D eigenvalue weighted by atomic mass is 10.2. The fourth-order valence-corrected chi connectivity index (χ4v) is 2.41. The Bertz CT molecular complexity index is 527. The maximum atomic E-state index is 9.63. The molecule has 0 amide bonds. The van der Waals surface area contributed by atoms with Gasteiger partial charge in [0.1, 0.15) is 16.7 Å². The zero-order valence-corrected chi connectivity index (χ0v) is 8.69. The summed E-state index contributed by atoms with van der Waals surface area (Å²) in [4.78, 5) is 0.599. The lowest BCUT2D eigenvalue weighted by molar-refractivity contribution is 0.481. The van der Waals surface area contributed by atoms with E-state index >= 15 is 0 Å². The van der Waals surface area contributed by atoms with Gasteiger partial charge >= 0.3 is 0 Å². The van der Waals surface area contributed by atoms with Crippen LogP contribution in [0.25, 0.3) is 10.1 Å². The van der Waals surface area contributed by atoms with Crippen molar-refractivity contribution in [1.82, 2.24) is 0 Å². The predicted octanol–water partition coefficient (Wildman–Crippen LogP) is 3.22. The van der Waals surface area contributed by atoms with Gasteiger partial charge in [0.25, 0.3) is 0 Å². The third kappa shape index (κ3) is 1.43. The van der Waals surface area contributed by atoms with Crippen molar-refractivity contribution in [1.29, 1.82) is 5.26 Å². The molecule has 4 heteroatoms. The number of rotatable bonds is 1. The third-order valence-corrected chi connectivity index (χ3v) is 3.24. The number of hydrogen-bond donors (Lipinski definition) is 1. The maximum Gasteiger partial charge on any atom is 0.124 e. The van der Waals surface area contributed by atoms with Crippen molar-refractivity contribution in [3.63, 3.8) is 0 Å². The van der Waals surface area contributed by atoms with Gasteiger partial charge in [-0.1, -0.05) is 0 Å². The summed E-state index contributed by atoms with van der Waals surface area (Å²) in [6.45, 7) is 0. The number of fused-ring (bicyclic) bond motifs is 1. The summed E-state index contributed by atoms with van der Waals surface area (Å²) < 4.78 is 0.900. The first-order valence-electron chi connectivity index (χ1n) is 3.96. The van der Waals surface area contributed by atoms with Crippen LogP contribution in [0.15, 0.2) is 18.2 Å². The summed E-state index contributed by atoms with van der Waals surface area (Å²) >= 11 is 7.03. The molecule has 70 valence electrons. The molecule has 0 aliphatic heterocycles. The topological polar surface area (TPSA) is 44.0 Å². The summed E-state index contributed by atoms with van der Waals surface area (Å²) in [6, 6.07) is 7.27. The standard InChI is InChI=1S/C10H6ClNOS/c11-4-6-1-9(13)8-3-7(5-12)14-10(8)2-6/h1-3,13H,4H2. The molecule has 0 fully saturated rings. The van der Waals surface area contributed by atoms with E-state index in [4.69, 9.17) is 16.9 Å². The summed E-state index contributed by atoms with van der Waals surface area (Å²) in [5.41, 5.74) is 0.864. The summed E-state index contributed by atoms with van der Waals surface area (Å²) in [6.07, 6.45) is 0. The monoisotopic (exact) mass is 223 g/mol. The van der Waals surface area contributed by atoms with Gasteiger partial charge in [-0.2, -0.15) is 5.26 Å². The lowest BCUT2D eigenvalue weighted by Gasteiger charge is -1.98. The number of phenols is 1. The van der Waals surface area contributed by atoms with E-state index in [9.17, 15) is 5.11 Å². The number of phenolic OH excluding ortho intramolecular Hbond substituents is 1. The van der Waals surface area contributed by atoms with Crippen LogP contribution in [-0.4, -0.2) is 5.11 Å². The lowest BCUT2D eigenvalue weighted by Crippen LogP contribution is -1.76. The van der Waals surface area contributed by atoms with E-state index in [0.717, 1.165) is 15.6 Å². The smallest absolute Gasteiger partial charge is 0.124 e. The fourth-order valence-electron chi connectivity index (χ4n) is 1.31. The molecule has 0 spiro atoms. The molecule has 0 saturated carbocycles. The number of alkyl halides is 1. The van der Waals surface area contributed by atoms with Gasteiger partial charge in [-0.25, -0.2) is 0 Å². The second-order valence-electron chi connectivity index (χ2n) is 2.88. The normalized spacial score (nSPS) is 10.3. The molecule has 0 bridgehead atoms. The molecule has 0 aliphatic rings. The number of nitriles is 1. The van der Waals surface area contributed by atoms with Crippen molar-refractivity contribution < 1.29 is 5.11 Å². The van der Waals surface area contributed by atoms with Crippen LogP contribution < -0.4 is 0 Å². The molecule has 1 aromatic heterocycles. The van der Waals surface area contributed by atoms with Crippen LogP contribution in [0.3, 0.4) is 0 Å². The Balaban J connectivity index is 2.75. The summed E-state index contributed by atoms with van der Waals surface area (Å²) in [5.74, 6) is 0.555. The van der Waals surface area contributed by atoms with Crippen molar-refractivity contribution in [2.24, 2.45) is 0 Å². The third-order valence-electron chi connectivity index (χ3n) is 1.94. The number of halogens is 1. The first-order valence-corrected chi connectivity index (χ1v) is 5.31. The summed E-state index contributed by atoms with van der Waals surface area (Å²) in [5, 5.41) is 19.1. The number of hydrogen-bond acceptors (Lipinski definition) is 3. The minimum atomic E-state index is 0.191. The van der Waals surface area contributed by atoms with E-state index in [0.29, 0.717) is 10.8 Å². The van der Waals surface area contributed by atoms with Gasteiger partial charge in [0.2, 0.25) is 0 Å². The van der Waals surface area contributed by atoms with Gasteiger partial charge in [0.05, 0.1) is 0 Å². The van der Waals surface area contributed by atoms with E-state index < -0.39 is 0 Å². The minimum Gasteiger partial charge on any atom is -0.507 e. The molecule has 2 rings (SSSR count). The Kier molecular flexibility index (Phi) is 2.32. The second-order valence-corrected chi connectivity index (χ2v) is 4.23. The molecule has 14 heavy (non-hydrogen) atoms. The predicted molar refractivity (Wildman–Crippen MR) is 57.8 cm³/mol. The van der Waals surface area contributed by atoms with Crippen LogP contribution in [0.1, 0.15) is 10.4 Å². The van der Waals surface area contributed by atoms with Gasteiger partial charge in [-0.15, -0.1) is 22.9 Å². The van der Waals surface area contributed by atoms with Crippen LogP contribution in [0.4, 0.5) is 0 Å². The second kappa shape index (κ2) is 3.49. The van der Waals surface area contributed by atoms with Crippen LogP contribution in [0.5, 0.6) is 5.75 Å². The van der Waals surface area contributed by atoms with E-state index in [1.807, 2.05) is 6.07 Å². The van der Waals surface area contributed by atoms with Crippen LogP contribution >= 0.6 is 22.9 Å². The molecule has 0 atom stereocenters. The van der Waals surface area contributed by atoms with E-state index in [1.54, 1.807) is 12.1 Å². The van der Waals surface area contributed by atoms with Crippen LogP contribution in [0, 0.1) is 11.3 Å². The number of aromatic hydroxyl groups is 1. The highest BCUT2D eigenvalue weighted by molar-refractivity contribution is 7.19. The van der Waals surface area contributed by atoms with Gasteiger partial charge in [0.15, 0.2) is 0 Å². The van der Waals surface area contributed by atoms with E-state index in [1.165, 1.54) is 11.3 Å². The van der Waals surface area contributed by atoms with Gasteiger partial charge < -0.3 is 5.11 Å². The Morgan fingerprint density at radius 3 is 2.86 bits per heavy atom.